The van der Waals surface area contributed by atoms with E-state index in [1.54, 1.807) is 19.5 Å². The highest BCUT2D eigenvalue weighted by atomic mass is 16.6. The van der Waals surface area contributed by atoms with Gasteiger partial charge < -0.3 is 32.9 Å². The first-order valence-corrected chi connectivity index (χ1v) is 15.1. The van der Waals surface area contributed by atoms with Crippen molar-refractivity contribution >= 4 is 30.2 Å². The predicted octanol–water partition coefficient (Wildman–Crippen LogP) is 4.08. The van der Waals surface area contributed by atoms with Gasteiger partial charge in [-0.1, -0.05) is 19.4 Å². The summed E-state index contributed by atoms with van der Waals surface area (Å²) >= 11 is 0. The Morgan fingerprint density at radius 1 is 0.977 bits per heavy atom. The van der Waals surface area contributed by atoms with E-state index in [1.165, 1.54) is 27.9 Å². The summed E-state index contributed by atoms with van der Waals surface area (Å²) in [5.41, 5.74) is -0.412. The molecule has 240 valence electrons. The third kappa shape index (κ3) is 4.61. The SMILES string of the molecule is COC(=O)CC1C2(C)C3=C(C)C(c4ccoc4)CC3OC2C(OC(C)=O)C2C(C)(C=O)C(OC(C)=O)CC(OC(C)=O)C21C. The van der Waals surface area contributed by atoms with Crippen molar-refractivity contribution in [3.63, 3.8) is 0 Å². The summed E-state index contributed by atoms with van der Waals surface area (Å²) in [6.45, 7) is 11.4. The fourth-order valence-electron chi connectivity index (χ4n) is 9.63. The number of allylic oxidation sites excluding steroid dienone is 1. The minimum atomic E-state index is -1.41. The van der Waals surface area contributed by atoms with Crippen LogP contribution in [0.1, 0.15) is 79.2 Å². The Bertz CT molecular complexity index is 1380. The van der Waals surface area contributed by atoms with E-state index in [-0.39, 0.29) is 24.9 Å². The Morgan fingerprint density at radius 3 is 2.16 bits per heavy atom. The second-order valence-corrected chi connectivity index (χ2v) is 13.4. The highest BCUT2D eigenvalue weighted by Crippen LogP contribution is 2.72. The van der Waals surface area contributed by atoms with Gasteiger partial charge in [-0.25, -0.2) is 0 Å². The number of methoxy groups -OCH3 is 1. The highest BCUT2D eigenvalue weighted by Gasteiger charge is 2.77. The Balaban J connectivity index is 1.80. The van der Waals surface area contributed by atoms with Crippen LogP contribution >= 0.6 is 0 Å². The van der Waals surface area contributed by atoms with E-state index in [0.717, 1.165) is 23.0 Å². The summed E-state index contributed by atoms with van der Waals surface area (Å²) in [7, 11) is 1.31. The molecule has 3 aliphatic carbocycles. The van der Waals surface area contributed by atoms with Crippen molar-refractivity contribution in [3.05, 3.63) is 35.3 Å². The van der Waals surface area contributed by atoms with E-state index in [1.807, 2.05) is 26.8 Å². The van der Waals surface area contributed by atoms with Gasteiger partial charge in [0.15, 0.2) is 0 Å². The summed E-state index contributed by atoms with van der Waals surface area (Å²) in [6.07, 6.45) is 0.527. The van der Waals surface area contributed by atoms with Crippen LogP contribution in [0.3, 0.4) is 0 Å². The van der Waals surface area contributed by atoms with Crippen molar-refractivity contribution in [1.82, 2.24) is 0 Å². The minimum Gasteiger partial charge on any atom is -0.472 e. The van der Waals surface area contributed by atoms with Gasteiger partial charge in [-0.05, 0) is 43.4 Å². The third-order valence-electron chi connectivity index (χ3n) is 11.2. The van der Waals surface area contributed by atoms with Crippen LogP contribution in [-0.4, -0.2) is 67.8 Å². The Hall–Kier alpha value is -3.47. The maximum Gasteiger partial charge on any atom is 0.305 e. The lowest BCUT2D eigenvalue weighted by atomic mass is 9.39. The van der Waals surface area contributed by atoms with Crippen molar-refractivity contribution in [2.24, 2.45) is 28.1 Å². The third-order valence-corrected chi connectivity index (χ3v) is 11.2. The molecule has 0 spiro atoms. The first kappa shape index (κ1) is 31.9. The smallest absolute Gasteiger partial charge is 0.305 e. The minimum absolute atomic E-state index is 0.00652. The molecule has 4 aliphatic rings. The molecule has 2 heterocycles. The molecule has 5 rings (SSSR count). The van der Waals surface area contributed by atoms with Gasteiger partial charge in [0.2, 0.25) is 0 Å². The van der Waals surface area contributed by atoms with E-state index in [4.69, 9.17) is 28.1 Å². The molecular formula is C33H42O11. The van der Waals surface area contributed by atoms with Gasteiger partial charge >= 0.3 is 23.9 Å². The summed E-state index contributed by atoms with van der Waals surface area (Å²) in [5.74, 6) is -3.73. The van der Waals surface area contributed by atoms with Crippen LogP contribution in [0.4, 0.5) is 0 Å². The molecule has 11 nitrogen and oxygen atoms in total. The molecule has 1 aliphatic heterocycles. The molecule has 1 saturated heterocycles. The standard InChI is InChI=1S/C33H42O11/c1-16-21(20-9-10-40-14-20)11-22-27(16)33(7)23(12-26(38)39-8)32(6)25(42-18(3)36)13-24(41-17(2)35)31(5,15-34)29(32)28(30(33)44-22)43-19(4)37/h9-10,14-15,21-25,28-30H,11-13H2,1-8H3. The van der Waals surface area contributed by atoms with Crippen LogP contribution < -0.4 is 0 Å². The first-order valence-electron chi connectivity index (χ1n) is 15.1. The zero-order valence-electron chi connectivity index (χ0n) is 26.5. The Labute approximate surface area is 256 Å². The van der Waals surface area contributed by atoms with Crippen LogP contribution in [0.15, 0.2) is 34.2 Å². The quantitative estimate of drug-likeness (QED) is 0.190. The molecule has 3 fully saturated rings. The van der Waals surface area contributed by atoms with Crippen molar-refractivity contribution in [3.8, 4) is 0 Å². The Morgan fingerprint density at radius 2 is 1.61 bits per heavy atom. The van der Waals surface area contributed by atoms with Crippen LogP contribution in [0, 0.1) is 28.1 Å². The molecular weight excluding hydrogens is 572 g/mol. The molecule has 0 bridgehead atoms. The summed E-state index contributed by atoms with van der Waals surface area (Å²) in [5, 5.41) is 0. The zero-order chi connectivity index (χ0) is 32.4. The van der Waals surface area contributed by atoms with Gasteiger partial charge in [0.05, 0.1) is 31.2 Å². The maximum absolute atomic E-state index is 13.3. The number of furan rings is 1. The molecule has 1 aromatic heterocycles. The average molecular weight is 615 g/mol. The first-order chi connectivity index (χ1) is 20.6. The number of rotatable bonds is 7. The largest absolute Gasteiger partial charge is 0.472 e. The number of hydrogen-bond acceptors (Lipinski definition) is 11. The number of hydrogen-bond donors (Lipinski definition) is 0. The van der Waals surface area contributed by atoms with Gasteiger partial charge in [-0.2, -0.15) is 0 Å². The second-order valence-electron chi connectivity index (χ2n) is 13.4. The topological polar surface area (TPSA) is 145 Å². The molecule has 2 saturated carbocycles. The van der Waals surface area contributed by atoms with E-state index in [2.05, 4.69) is 0 Å². The number of carbonyl (C=O) groups is 5. The summed E-state index contributed by atoms with van der Waals surface area (Å²) in [6, 6.07) is 1.92. The van der Waals surface area contributed by atoms with E-state index in [0.29, 0.717) is 6.42 Å². The van der Waals surface area contributed by atoms with Gasteiger partial charge in [0, 0.05) is 56.3 Å². The molecule has 0 aromatic carbocycles. The lowest BCUT2D eigenvalue weighted by Gasteiger charge is -2.67. The van der Waals surface area contributed by atoms with E-state index >= 15 is 0 Å². The molecule has 11 atom stereocenters. The van der Waals surface area contributed by atoms with E-state index in [9.17, 15) is 24.0 Å². The number of fused-ring (bicyclic) bond motifs is 4. The monoisotopic (exact) mass is 614 g/mol. The predicted molar refractivity (Wildman–Crippen MR) is 153 cm³/mol. The lowest BCUT2D eigenvalue weighted by molar-refractivity contribution is -0.281. The normalized spacial score (nSPS) is 40.7. The van der Waals surface area contributed by atoms with E-state index < -0.39 is 76.4 Å². The molecule has 0 N–H and O–H groups in total. The zero-order valence-corrected chi connectivity index (χ0v) is 26.5. The van der Waals surface area contributed by atoms with Gasteiger partial charge in [-0.15, -0.1) is 0 Å². The Kier molecular flexibility index (Phi) is 8.10. The van der Waals surface area contributed by atoms with Gasteiger partial charge in [0.1, 0.15) is 30.7 Å². The van der Waals surface area contributed by atoms with Gasteiger partial charge in [0.25, 0.3) is 0 Å². The van der Waals surface area contributed by atoms with Crippen LogP contribution in [0.25, 0.3) is 0 Å². The van der Waals surface area contributed by atoms with Crippen LogP contribution in [0.2, 0.25) is 0 Å². The van der Waals surface area contributed by atoms with Crippen LogP contribution in [0.5, 0.6) is 0 Å². The number of aldehydes is 1. The molecule has 1 aromatic rings. The molecule has 11 heteroatoms. The van der Waals surface area contributed by atoms with Crippen molar-refractivity contribution < 1.29 is 52.1 Å². The van der Waals surface area contributed by atoms with Crippen molar-refractivity contribution in [1.29, 1.82) is 0 Å². The highest BCUT2D eigenvalue weighted by molar-refractivity contribution is 5.72. The van der Waals surface area contributed by atoms with Crippen LogP contribution in [-0.2, 0) is 47.7 Å². The number of ether oxygens (including phenoxy) is 5. The summed E-state index contributed by atoms with van der Waals surface area (Å²) in [4.78, 5) is 64.2. The van der Waals surface area contributed by atoms with Gasteiger partial charge in [-0.3, -0.25) is 19.2 Å². The molecule has 44 heavy (non-hydrogen) atoms. The fourth-order valence-corrected chi connectivity index (χ4v) is 9.63. The fraction of sp³-hybridized carbons (Fsp3) is 0.667. The van der Waals surface area contributed by atoms with Crippen molar-refractivity contribution in [2.75, 3.05) is 7.11 Å². The average Bonchev–Trinajstić information content (AvgIpc) is 3.65. The lowest BCUT2D eigenvalue weighted by Crippen LogP contribution is -2.74. The summed E-state index contributed by atoms with van der Waals surface area (Å²) < 4.78 is 35.3. The molecule has 0 amide bonds. The second kappa shape index (κ2) is 11.2. The van der Waals surface area contributed by atoms with Crippen molar-refractivity contribution in [2.45, 2.75) is 104 Å². The molecule has 0 radical (unpaired) electrons. The molecule has 11 unspecified atom stereocenters. The number of carbonyl (C=O) groups excluding carboxylic acids is 5. The number of esters is 4. The maximum atomic E-state index is 13.3.